The minimum Gasteiger partial charge on any atom is -0.353 e. The predicted molar refractivity (Wildman–Crippen MR) is 59.8 cm³/mol. The van der Waals surface area contributed by atoms with Crippen LogP contribution in [0.15, 0.2) is 0 Å². The van der Waals surface area contributed by atoms with E-state index < -0.39 is 0 Å². The van der Waals surface area contributed by atoms with Gasteiger partial charge in [0.15, 0.2) is 6.29 Å². The Kier molecular flexibility index (Phi) is 4.00. The Morgan fingerprint density at radius 2 is 2.13 bits per heavy atom. The van der Waals surface area contributed by atoms with Gasteiger partial charge in [0.1, 0.15) is 0 Å². The Balaban J connectivity index is 1.71. The number of likely N-dealkylation sites (tertiary alicyclic amines) is 1. The monoisotopic (exact) mass is 213 g/mol. The largest absolute Gasteiger partial charge is 0.353 e. The molecule has 0 aromatic carbocycles. The van der Waals surface area contributed by atoms with Crippen LogP contribution < -0.4 is 0 Å². The van der Waals surface area contributed by atoms with Crippen molar-refractivity contribution in [2.45, 2.75) is 58.0 Å². The Hall–Kier alpha value is -0.120. The second-order valence-electron chi connectivity index (χ2n) is 4.93. The van der Waals surface area contributed by atoms with Crippen molar-refractivity contribution in [3.8, 4) is 0 Å². The molecule has 3 heteroatoms. The first kappa shape index (κ1) is 11.4. The van der Waals surface area contributed by atoms with Crippen molar-refractivity contribution < 1.29 is 9.47 Å². The molecule has 15 heavy (non-hydrogen) atoms. The number of ether oxygens (including phenoxy) is 2. The summed E-state index contributed by atoms with van der Waals surface area (Å²) in [6.07, 6.45) is 5.18. The van der Waals surface area contributed by atoms with E-state index in [2.05, 4.69) is 18.7 Å². The van der Waals surface area contributed by atoms with Crippen LogP contribution in [-0.2, 0) is 9.47 Å². The van der Waals surface area contributed by atoms with Crippen LogP contribution in [0.1, 0.15) is 39.5 Å². The highest BCUT2D eigenvalue weighted by molar-refractivity contribution is 4.78. The molecule has 2 atom stereocenters. The van der Waals surface area contributed by atoms with Crippen molar-refractivity contribution in [2.75, 3.05) is 19.7 Å². The molecule has 2 rings (SSSR count). The van der Waals surface area contributed by atoms with Gasteiger partial charge in [-0.05, 0) is 39.5 Å². The van der Waals surface area contributed by atoms with Crippen LogP contribution in [0.5, 0.6) is 0 Å². The van der Waals surface area contributed by atoms with Crippen molar-refractivity contribution >= 4 is 0 Å². The van der Waals surface area contributed by atoms with Crippen molar-refractivity contribution in [1.82, 2.24) is 4.90 Å². The lowest BCUT2D eigenvalue weighted by Crippen LogP contribution is -2.32. The molecule has 2 aliphatic heterocycles. The van der Waals surface area contributed by atoms with Crippen LogP contribution in [-0.4, -0.2) is 43.0 Å². The standard InChI is InChI=1S/C12H23NO2/c1-10(2)13-7-6-11(9-13)15-12-5-3-4-8-14-12/h10-12H,3-9H2,1-2H3. The van der Waals surface area contributed by atoms with Crippen LogP contribution in [0, 0.1) is 0 Å². The van der Waals surface area contributed by atoms with Gasteiger partial charge >= 0.3 is 0 Å². The van der Waals surface area contributed by atoms with E-state index in [1.54, 1.807) is 0 Å². The average molecular weight is 213 g/mol. The van der Waals surface area contributed by atoms with Crippen LogP contribution >= 0.6 is 0 Å². The molecule has 0 N–H and O–H groups in total. The van der Waals surface area contributed by atoms with Gasteiger partial charge in [0.2, 0.25) is 0 Å². The van der Waals surface area contributed by atoms with Gasteiger partial charge < -0.3 is 9.47 Å². The van der Waals surface area contributed by atoms with Gasteiger partial charge in [0.05, 0.1) is 6.10 Å². The zero-order valence-corrected chi connectivity index (χ0v) is 9.95. The van der Waals surface area contributed by atoms with Gasteiger partial charge in [-0.3, -0.25) is 4.90 Å². The van der Waals surface area contributed by atoms with E-state index in [9.17, 15) is 0 Å². The van der Waals surface area contributed by atoms with E-state index >= 15 is 0 Å². The van der Waals surface area contributed by atoms with Gasteiger partial charge in [-0.25, -0.2) is 0 Å². The molecular formula is C12H23NO2. The van der Waals surface area contributed by atoms with Crippen LogP contribution in [0.4, 0.5) is 0 Å². The minimum atomic E-state index is 0.0795. The summed E-state index contributed by atoms with van der Waals surface area (Å²) in [6, 6.07) is 0.644. The molecule has 2 unspecified atom stereocenters. The molecule has 0 aromatic rings. The summed E-state index contributed by atoms with van der Waals surface area (Å²) >= 11 is 0. The maximum atomic E-state index is 5.97. The summed E-state index contributed by atoms with van der Waals surface area (Å²) in [6.45, 7) is 7.64. The Labute approximate surface area is 92.7 Å². The molecule has 0 aromatic heterocycles. The highest BCUT2D eigenvalue weighted by Crippen LogP contribution is 2.21. The molecule has 0 saturated carbocycles. The Morgan fingerprint density at radius 1 is 1.27 bits per heavy atom. The Bertz CT molecular complexity index is 190. The molecular weight excluding hydrogens is 190 g/mol. The first-order chi connectivity index (χ1) is 7.25. The topological polar surface area (TPSA) is 21.7 Å². The van der Waals surface area contributed by atoms with E-state index in [1.165, 1.54) is 19.4 Å². The summed E-state index contributed by atoms with van der Waals surface area (Å²) in [4.78, 5) is 2.48. The fourth-order valence-corrected chi connectivity index (χ4v) is 2.37. The summed E-state index contributed by atoms with van der Waals surface area (Å²) < 4.78 is 11.6. The second kappa shape index (κ2) is 5.28. The fourth-order valence-electron chi connectivity index (χ4n) is 2.37. The van der Waals surface area contributed by atoms with Gasteiger partial charge in [-0.1, -0.05) is 0 Å². The smallest absolute Gasteiger partial charge is 0.158 e. The predicted octanol–water partition coefficient (Wildman–Crippen LogP) is 2.01. The molecule has 88 valence electrons. The first-order valence-electron chi connectivity index (χ1n) is 6.27. The lowest BCUT2D eigenvalue weighted by atomic mass is 10.2. The van der Waals surface area contributed by atoms with E-state index in [0.29, 0.717) is 12.1 Å². The zero-order valence-electron chi connectivity index (χ0n) is 9.95. The van der Waals surface area contributed by atoms with Gasteiger partial charge in [-0.15, -0.1) is 0 Å². The Morgan fingerprint density at radius 3 is 2.73 bits per heavy atom. The third-order valence-corrected chi connectivity index (χ3v) is 3.39. The van der Waals surface area contributed by atoms with Gasteiger partial charge in [-0.2, -0.15) is 0 Å². The molecule has 0 spiro atoms. The van der Waals surface area contributed by atoms with Crippen LogP contribution in [0.25, 0.3) is 0 Å². The third-order valence-electron chi connectivity index (χ3n) is 3.39. The highest BCUT2D eigenvalue weighted by atomic mass is 16.7. The minimum absolute atomic E-state index is 0.0795. The molecule has 2 aliphatic rings. The molecule has 0 radical (unpaired) electrons. The average Bonchev–Trinajstić information content (AvgIpc) is 2.68. The van der Waals surface area contributed by atoms with Crippen molar-refractivity contribution in [3.63, 3.8) is 0 Å². The van der Waals surface area contributed by atoms with Crippen LogP contribution in [0.2, 0.25) is 0 Å². The fraction of sp³-hybridized carbons (Fsp3) is 1.00. The highest BCUT2D eigenvalue weighted by Gasteiger charge is 2.27. The van der Waals surface area contributed by atoms with Gasteiger partial charge in [0, 0.05) is 25.7 Å². The summed E-state index contributed by atoms with van der Waals surface area (Å²) in [7, 11) is 0. The van der Waals surface area contributed by atoms with Crippen molar-refractivity contribution in [1.29, 1.82) is 0 Å². The molecule has 2 fully saturated rings. The molecule has 3 nitrogen and oxygen atoms in total. The summed E-state index contributed by atoms with van der Waals surface area (Å²) in [5, 5.41) is 0. The normalized spacial score (nSPS) is 33.8. The number of hydrogen-bond acceptors (Lipinski definition) is 3. The number of nitrogens with zero attached hydrogens (tertiary/aromatic N) is 1. The van der Waals surface area contributed by atoms with Crippen LogP contribution in [0.3, 0.4) is 0 Å². The summed E-state index contributed by atoms with van der Waals surface area (Å²) in [5.74, 6) is 0. The van der Waals surface area contributed by atoms with E-state index in [1.807, 2.05) is 0 Å². The molecule has 0 aliphatic carbocycles. The molecule has 2 saturated heterocycles. The quantitative estimate of drug-likeness (QED) is 0.716. The van der Waals surface area contributed by atoms with E-state index in [0.717, 1.165) is 26.0 Å². The van der Waals surface area contributed by atoms with Crippen molar-refractivity contribution in [2.24, 2.45) is 0 Å². The molecule has 0 amide bonds. The number of hydrogen-bond donors (Lipinski definition) is 0. The van der Waals surface area contributed by atoms with E-state index in [-0.39, 0.29) is 6.29 Å². The first-order valence-corrected chi connectivity index (χ1v) is 6.27. The second-order valence-corrected chi connectivity index (χ2v) is 4.93. The molecule has 0 bridgehead atoms. The molecule has 2 heterocycles. The van der Waals surface area contributed by atoms with E-state index in [4.69, 9.17) is 9.47 Å². The SMILES string of the molecule is CC(C)N1CCC(OC2CCCCO2)C1. The third kappa shape index (κ3) is 3.16. The lowest BCUT2D eigenvalue weighted by molar-refractivity contribution is -0.185. The lowest BCUT2D eigenvalue weighted by Gasteiger charge is -2.26. The summed E-state index contributed by atoms with van der Waals surface area (Å²) in [5.41, 5.74) is 0. The van der Waals surface area contributed by atoms with Gasteiger partial charge in [0.25, 0.3) is 0 Å². The zero-order chi connectivity index (χ0) is 10.7. The van der Waals surface area contributed by atoms with Crippen molar-refractivity contribution in [3.05, 3.63) is 0 Å². The maximum Gasteiger partial charge on any atom is 0.158 e. The number of rotatable bonds is 3. The maximum absolute atomic E-state index is 5.97.